The molecule has 0 atom stereocenters. The number of allylic oxidation sites excluding steroid dienone is 1. The van der Waals surface area contributed by atoms with Crippen molar-refractivity contribution >= 4 is 12.1 Å². The van der Waals surface area contributed by atoms with Crippen molar-refractivity contribution in [3.05, 3.63) is 17.3 Å². The molecule has 0 fully saturated rings. The van der Waals surface area contributed by atoms with Gasteiger partial charge in [-0.1, -0.05) is 0 Å². The van der Waals surface area contributed by atoms with Gasteiger partial charge in [-0.3, -0.25) is 4.99 Å². The minimum absolute atomic E-state index is 0.717. The van der Waals surface area contributed by atoms with Crippen LogP contribution >= 0.6 is 0 Å². The van der Waals surface area contributed by atoms with E-state index in [1.165, 1.54) is 0 Å². The molecule has 1 rings (SSSR count). The Morgan fingerprint density at radius 2 is 2.30 bits per heavy atom. The van der Waals surface area contributed by atoms with Crippen LogP contribution in [0.25, 0.3) is 0 Å². The van der Waals surface area contributed by atoms with Crippen LogP contribution in [0.2, 0.25) is 0 Å². The first-order valence-electron chi connectivity index (χ1n) is 3.24. The fourth-order valence-corrected chi connectivity index (χ4v) is 0.635. The molecule has 0 radical (unpaired) electrons. The lowest BCUT2D eigenvalue weighted by molar-refractivity contribution is 1.13. The lowest BCUT2D eigenvalue weighted by Crippen LogP contribution is -1.87. The molecule has 0 saturated heterocycles. The summed E-state index contributed by atoms with van der Waals surface area (Å²) in [6, 6.07) is 0. The monoisotopic (exact) mass is 134 g/mol. The van der Waals surface area contributed by atoms with Crippen LogP contribution in [-0.4, -0.2) is 18.6 Å². The highest BCUT2D eigenvalue weighted by atomic mass is 14.7. The molecule has 0 unspecified atom stereocenters. The second-order valence-corrected chi connectivity index (χ2v) is 2.36. The fourth-order valence-electron chi connectivity index (χ4n) is 0.635. The topological polar surface area (TPSA) is 24.7 Å². The molecule has 0 saturated carbocycles. The normalized spacial score (nSPS) is 25.8. The van der Waals surface area contributed by atoms with Crippen LogP contribution in [0, 0.1) is 0 Å². The van der Waals surface area contributed by atoms with E-state index in [0.29, 0.717) is 6.54 Å². The number of rotatable bonds is 0. The van der Waals surface area contributed by atoms with Crippen molar-refractivity contribution in [3.8, 4) is 0 Å². The van der Waals surface area contributed by atoms with Crippen molar-refractivity contribution in [3.63, 3.8) is 0 Å². The first-order valence-corrected chi connectivity index (χ1v) is 3.24. The number of aliphatic imine (C=N–C) groups is 2. The Morgan fingerprint density at radius 3 is 3.10 bits per heavy atom. The van der Waals surface area contributed by atoms with E-state index in [1.807, 2.05) is 20.0 Å². The van der Waals surface area contributed by atoms with Gasteiger partial charge < -0.3 is 0 Å². The first kappa shape index (κ1) is 6.97. The summed E-state index contributed by atoms with van der Waals surface area (Å²) in [4.78, 5) is 8.09. The summed E-state index contributed by atoms with van der Waals surface area (Å²) in [5, 5.41) is 0. The Bertz CT molecular complexity index is 240. The minimum atomic E-state index is 0.717. The van der Waals surface area contributed by atoms with Crippen LogP contribution in [0.1, 0.15) is 13.8 Å². The molecule has 2 nitrogen and oxygen atoms in total. The third-order valence-corrected chi connectivity index (χ3v) is 1.15. The summed E-state index contributed by atoms with van der Waals surface area (Å²) in [7, 11) is 0. The first-order chi connectivity index (χ1) is 4.79. The number of nitrogens with zero attached hydrogens (tertiary/aromatic N) is 2. The Kier molecular flexibility index (Phi) is 2.19. The summed E-state index contributed by atoms with van der Waals surface area (Å²) < 4.78 is 0. The SMILES string of the molecule is CC1=C=NC/C(C)=C\N=C/1. The second-order valence-electron chi connectivity index (χ2n) is 2.36. The smallest absolute Gasteiger partial charge is 0.0709 e. The van der Waals surface area contributed by atoms with Gasteiger partial charge in [0, 0.05) is 18.0 Å². The van der Waals surface area contributed by atoms with Gasteiger partial charge in [0.1, 0.15) is 0 Å². The standard InChI is InChI=1S/C8H10N2/c1-7-3-9-5-8(2)6-10-4-7/h3,5H,4H2,1-2H3/b7-3-,9-5-. The molecular formula is C8H10N2. The molecule has 1 aliphatic rings. The molecule has 0 amide bonds. The van der Waals surface area contributed by atoms with Gasteiger partial charge in [-0.25, -0.2) is 4.99 Å². The van der Waals surface area contributed by atoms with Gasteiger partial charge in [-0.2, -0.15) is 0 Å². The van der Waals surface area contributed by atoms with E-state index >= 15 is 0 Å². The van der Waals surface area contributed by atoms with Crippen molar-refractivity contribution < 1.29 is 0 Å². The summed E-state index contributed by atoms with van der Waals surface area (Å²) in [5.41, 5.74) is 2.14. The highest BCUT2D eigenvalue weighted by Crippen LogP contribution is 1.95. The van der Waals surface area contributed by atoms with E-state index in [-0.39, 0.29) is 0 Å². The van der Waals surface area contributed by atoms with Gasteiger partial charge in [0.15, 0.2) is 0 Å². The Labute approximate surface area is 60.7 Å². The molecule has 0 bridgehead atoms. The Morgan fingerprint density at radius 1 is 1.50 bits per heavy atom. The van der Waals surface area contributed by atoms with Crippen LogP contribution in [0.15, 0.2) is 27.3 Å². The van der Waals surface area contributed by atoms with E-state index in [4.69, 9.17) is 0 Å². The van der Waals surface area contributed by atoms with E-state index < -0.39 is 0 Å². The maximum absolute atomic E-state index is 4.05. The molecule has 0 aromatic carbocycles. The molecule has 2 heteroatoms. The van der Waals surface area contributed by atoms with Crippen molar-refractivity contribution in [2.45, 2.75) is 13.8 Å². The van der Waals surface area contributed by atoms with E-state index in [0.717, 1.165) is 11.1 Å². The second kappa shape index (κ2) is 3.14. The van der Waals surface area contributed by atoms with Crippen molar-refractivity contribution in [1.29, 1.82) is 0 Å². The molecule has 1 heterocycles. The molecule has 0 N–H and O–H groups in total. The molecule has 1 aliphatic heterocycles. The summed E-state index contributed by atoms with van der Waals surface area (Å²) in [6.45, 7) is 4.65. The van der Waals surface area contributed by atoms with Crippen molar-refractivity contribution in [2.75, 3.05) is 6.54 Å². The van der Waals surface area contributed by atoms with Gasteiger partial charge in [-0.05, 0) is 25.3 Å². The van der Waals surface area contributed by atoms with Crippen LogP contribution < -0.4 is 0 Å². The van der Waals surface area contributed by atoms with Crippen LogP contribution in [-0.2, 0) is 0 Å². The molecule has 0 aliphatic carbocycles. The maximum Gasteiger partial charge on any atom is 0.0709 e. The van der Waals surface area contributed by atoms with Crippen LogP contribution in [0.4, 0.5) is 0 Å². The average Bonchev–Trinajstić information content (AvgIpc) is 1.84. The lowest BCUT2D eigenvalue weighted by atomic mass is 10.3. The third kappa shape index (κ3) is 2.00. The van der Waals surface area contributed by atoms with Gasteiger partial charge in [0.05, 0.1) is 6.54 Å². The van der Waals surface area contributed by atoms with E-state index in [2.05, 4.69) is 15.9 Å². The zero-order valence-electron chi connectivity index (χ0n) is 6.26. The largest absolute Gasteiger partial charge is 0.264 e. The maximum atomic E-state index is 4.05. The fraction of sp³-hybridized carbons (Fsp3) is 0.375. The van der Waals surface area contributed by atoms with Crippen molar-refractivity contribution in [2.24, 2.45) is 9.98 Å². The average molecular weight is 134 g/mol. The molecular weight excluding hydrogens is 124 g/mol. The van der Waals surface area contributed by atoms with Crippen molar-refractivity contribution in [1.82, 2.24) is 0 Å². The van der Waals surface area contributed by atoms with Gasteiger partial charge in [0.2, 0.25) is 0 Å². The lowest BCUT2D eigenvalue weighted by Gasteiger charge is -1.92. The summed E-state index contributed by atoms with van der Waals surface area (Å²) in [5.74, 6) is 2.87. The van der Waals surface area contributed by atoms with E-state index in [1.54, 1.807) is 6.21 Å². The highest BCUT2D eigenvalue weighted by molar-refractivity contribution is 5.90. The zero-order chi connectivity index (χ0) is 7.40. The zero-order valence-corrected chi connectivity index (χ0v) is 6.26. The van der Waals surface area contributed by atoms with Crippen LogP contribution in [0.5, 0.6) is 0 Å². The predicted molar refractivity (Wildman–Crippen MR) is 43.7 cm³/mol. The van der Waals surface area contributed by atoms with Crippen LogP contribution in [0.3, 0.4) is 0 Å². The Balaban J connectivity index is 2.86. The quantitative estimate of drug-likeness (QED) is 0.480. The summed E-state index contributed by atoms with van der Waals surface area (Å²) in [6.07, 6.45) is 3.58. The predicted octanol–water partition coefficient (Wildman–Crippen LogP) is 1.59. The number of hydrogen-bond acceptors (Lipinski definition) is 2. The van der Waals surface area contributed by atoms with Gasteiger partial charge in [-0.15, -0.1) is 0 Å². The highest BCUT2D eigenvalue weighted by Gasteiger charge is 1.87. The molecule has 52 valence electrons. The number of hydrogen-bond donors (Lipinski definition) is 0. The molecule has 0 aromatic heterocycles. The van der Waals surface area contributed by atoms with E-state index in [9.17, 15) is 0 Å². The third-order valence-electron chi connectivity index (χ3n) is 1.15. The molecule has 0 spiro atoms. The minimum Gasteiger partial charge on any atom is -0.264 e. The molecule has 0 aromatic rings. The molecule has 10 heavy (non-hydrogen) atoms. The Hall–Kier alpha value is -1.14. The summed E-state index contributed by atoms with van der Waals surface area (Å²) >= 11 is 0. The van der Waals surface area contributed by atoms with Gasteiger partial charge in [0.25, 0.3) is 0 Å². The van der Waals surface area contributed by atoms with Gasteiger partial charge >= 0.3 is 0 Å².